The van der Waals surface area contributed by atoms with Gasteiger partial charge >= 0.3 is 0 Å². The molecule has 2 rings (SSSR count). The quantitative estimate of drug-likeness (QED) is 0.808. The van der Waals surface area contributed by atoms with Crippen molar-refractivity contribution in [1.82, 2.24) is 10.2 Å². The lowest BCUT2D eigenvalue weighted by Gasteiger charge is -2.29. The average molecular weight is 220 g/mol. The van der Waals surface area contributed by atoms with E-state index in [4.69, 9.17) is 0 Å². The molecule has 1 saturated heterocycles. The molecule has 1 unspecified atom stereocenters. The molecule has 0 spiro atoms. The predicted octanol–water partition coefficient (Wildman–Crippen LogP) is 1.40. The van der Waals surface area contributed by atoms with E-state index in [1.54, 1.807) is 6.07 Å². The van der Waals surface area contributed by atoms with E-state index in [9.17, 15) is 5.11 Å². The van der Waals surface area contributed by atoms with Gasteiger partial charge in [-0.1, -0.05) is 25.1 Å². The van der Waals surface area contributed by atoms with E-state index in [0.29, 0.717) is 11.7 Å². The lowest BCUT2D eigenvalue weighted by molar-refractivity contribution is 0.229. The number of nitrogens with zero attached hydrogens (tertiary/aromatic N) is 1. The first-order chi connectivity index (χ1) is 7.77. The minimum atomic E-state index is 0.388. The SMILES string of the molecule is CC(CN1CCNCC1)c1ccccc1O. The zero-order valence-corrected chi connectivity index (χ0v) is 9.82. The molecule has 1 heterocycles. The summed E-state index contributed by atoms with van der Waals surface area (Å²) in [5, 5.41) is 13.1. The fourth-order valence-electron chi connectivity index (χ4n) is 2.28. The van der Waals surface area contributed by atoms with Crippen molar-refractivity contribution in [1.29, 1.82) is 0 Å². The summed E-state index contributed by atoms with van der Waals surface area (Å²) in [7, 11) is 0. The fraction of sp³-hybridized carbons (Fsp3) is 0.538. The number of aromatic hydroxyl groups is 1. The highest BCUT2D eigenvalue weighted by Crippen LogP contribution is 2.25. The van der Waals surface area contributed by atoms with Gasteiger partial charge in [0.15, 0.2) is 0 Å². The Morgan fingerprint density at radius 2 is 2.00 bits per heavy atom. The molecule has 0 amide bonds. The van der Waals surface area contributed by atoms with Gasteiger partial charge in [-0.05, 0) is 17.5 Å². The van der Waals surface area contributed by atoms with Crippen molar-refractivity contribution in [3.63, 3.8) is 0 Å². The van der Waals surface area contributed by atoms with Crippen LogP contribution < -0.4 is 5.32 Å². The Balaban J connectivity index is 1.96. The summed E-state index contributed by atoms with van der Waals surface area (Å²) in [4.78, 5) is 2.45. The molecule has 3 nitrogen and oxygen atoms in total. The van der Waals surface area contributed by atoms with Crippen molar-refractivity contribution in [2.45, 2.75) is 12.8 Å². The van der Waals surface area contributed by atoms with Gasteiger partial charge in [-0.3, -0.25) is 0 Å². The number of phenolic OH excluding ortho intramolecular Hbond substituents is 1. The van der Waals surface area contributed by atoms with Crippen molar-refractivity contribution in [3.8, 4) is 5.75 Å². The van der Waals surface area contributed by atoms with Gasteiger partial charge in [0.2, 0.25) is 0 Å². The van der Waals surface area contributed by atoms with Gasteiger partial charge in [0.1, 0.15) is 5.75 Å². The first kappa shape index (κ1) is 11.4. The minimum Gasteiger partial charge on any atom is -0.508 e. The number of para-hydroxylation sites is 1. The van der Waals surface area contributed by atoms with Gasteiger partial charge in [0.25, 0.3) is 0 Å². The van der Waals surface area contributed by atoms with Crippen LogP contribution in [-0.2, 0) is 0 Å². The molecule has 1 aromatic carbocycles. The monoisotopic (exact) mass is 220 g/mol. The lowest BCUT2D eigenvalue weighted by atomic mass is 9.99. The Morgan fingerprint density at radius 3 is 2.69 bits per heavy atom. The van der Waals surface area contributed by atoms with Crippen LogP contribution in [0, 0.1) is 0 Å². The summed E-state index contributed by atoms with van der Waals surface area (Å²) in [6.07, 6.45) is 0. The number of rotatable bonds is 3. The van der Waals surface area contributed by atoms with Gasteiger partial charge in [0.05, 0.1) is 0 Å². The van der Waals surface area contributed by atoms with Crippen LogP contribution in [0.15, 0.2) is 24.3 Å². The molecule has 0 aliphatic carbocycles. The molecule has 16 heavy (non-hydrogen) atoms. The second-order valence-electron chi connectivity index (χ2n) is 4.51. The molecule has 0 saturated carbocycles. The van der Waals surface area contributed by atoms with E-state index >= 15 is 0 Å². The van der Waals surface area contributed by atoms with Crippen LogP contribution in [0.25, 0.3) is 0 Å². The van der Waals surface area contributed by atoms with Crippen molar-refractivity contribution >= 4 is 0 Å². The summed E-state index contributed by atoms with van der Waals surface area (Å²) < 4.78 is 0. The van der Waals surface area contributed by atoms with Crippen LogP contribution >= 0.6 is 0 Å². The third kappa shape index (κ3) is 2.74. The van der Waals surface area contributed by atoms with E-state index in [2.05, 4.69) is 17.1 Å². The van der Waals surface area contributed by atoms with E-state index in [-0.39, 0.29) is 0 Å². The first-order valence-electron chi connectivity index (χ1n) is 5.98. The number of piperazine rings is 1. The third-order valence-electron chi connectivity index (χ3n) is 3.21. The summed E-state index contributed by atoms with van der Waals surface area (Å²) in [6.45, 7) is 7.58. The lowest BCUT2D eigenvalue weighted by Crippen LogP contribution is -2.44. The van der Waals surface area contributed by atoms with Crippen LogP contribution in [-0.4, -0.2) is 42.7 Å². The van der Waals surface area contributed by atoms with E-state index in [0.717, 1.165) is 38.3 Å². The van der Waals surface area contributed by atoms with E-state index < -0.39 is 0 Å². The highest BCUT2D eigenvalue weighted by Gasteiger charge is 2.15. The molecular formula is C13H20N2O. The number of hydrogen-bond acceptors (Lipinski definition) is 3. The van der Waals surface area contributed by atoms with Crippen LogP contribution in [0.4, 0.5) is 0 Å². The summed E-state index contributed by atoms with van der Waals surface area (Å²) in [6, 6.07) is 7.64. The molecule has 1 aliphatic rings. The number of phenols is 1. The highest BCUT2D eigenvalue weighted by atomic mass is 16.3. The summed E-state index contributed by atoms with van der Waals surface area (Å²) >= 11 is 0. The number of nitrogens with one attached hydrogen (secondary N) is 1. The summed E-state index contributed by atoms with van der Waals surface area (Å²) in [5.41, 5.74) is 1.06. The zero-order valence-electron chi connectivity index (χ0n) is 9.82. The maximum Gasteiger partial charge on any atom is 0.119 e. The molecule has 0 bridgehead atoms. The van der Waals surface area contributed by atoms with Gasteiger partial charge < -0.3 is 15.3 Å². The van der Waals surface area contributed by atoms with Crippen molar-refractivity contribution in [3.05, 3.63) is 29.8 Å². The molecule has 1 atom stereocenters. The third-order valence-corrected chi connectivity index (χ3v) is 3.21. The fourth-order valence-corrected chi connectivity index (χ4v) is 2.28. The minimum absolute atomic E-state index is 0.388. The molecule has 1 aromatic rings. The summed E-state index contributed by atoms with van der Waals surface area (Å²) in [5.74, 6) is 0.810. The Kier molecular flexibility index (Phi) is 3.80. The molecule has 3 heteroatoms. The van der Waals surface area contributed by atoms with Gasteiger partial charge in [-0.25, -0.2) is 0 Å². The van der Waals surface area contributed by atoms with Crippen molar-refractivity contribution in [2.24, 2.45) is 0 Å². The number of hydrogen-bond donors (Lipinski definition) is 2. The van der Waals surface area contributed by atoms with Crippen molar-refractivity contribution < 1.29 is 5.11 Å². The second kappa shape index (κ2) is 5.32. The van der Waals surface area contributed by atoms with Crippen LogP contribution in [0.2, 0.25) is 0 Å². The van der Waals surface area contributed by atoms with Crippen LogP contribution in [0.5, 0.6) is 5.75 Å². The van der Waals surface area contributed by atoms with Crippen LogP contribution in [0.3, 0.4) is 0 Å². The highest BCUT2D eigenvalue weighted by molar-refractivity contribution is 5.34. The topological polar surface area (TPSA) is 35.5 Å². The second-order valence-corrected chi connectivity index (χ2v) is 4.51. The molecule has 0 aromatic heterocycles. The predicted molar refractivity (Wildman–Crippen MR) is 65.8 cm³/mol. The molecule has 1 fully saturated rings. The van der Waals surface area contributed by atoms with E-state index in [1.165, 1.54) is 0 Å². The maximum atomic E-state index is 9.78. The largest absolute Gasteiger partial charge is 0.508 e. The maximum absolute atomic E-state index is 9.78. The van der Waals surface area contributed by atoms with Gasteiger partial charge in [-0.2, -0.15) is 0 Å². The normalized spacial score (nSPS) is 19.6. The Morgan fingerprint density at radius 1 is 1.31 bits per heavy atom. The molecule has 1 aliphatic heterocycles. The standard InChI is InChI=1S/C13H20N2O/c1-11(10-15-8-6-14-7-9-15)12-4-2-3-5-13(12)16/h2-5,11,14,16H,6-10H2,1H3. The van der Waals surface area contributed by atoms with E-state index in [1.807, 2.05) is 18.2 Å². The molecule has 2 N–H and O–H groups in total. The molecular weight excluding hydrogens is 200 g/mol. The number of benzene rings is 1. The molecule has 0 radical (unpaired) electrons. The van der Waals surface area contributed by atoms with Crippen molar-refractivity contribution in [2.75, 3.05) is 32.7 Å². The Bertz CT molecular complexity index is 334. The average Bonchev–Trinajstić information content (AvgIpc) is 2.31. The van der Waals surface area contributed by atoms with Crippen LogP contribution in [0.1, 0.15) is 18.4 Å². The molecule has 88 valence electrons. The van der Waals surface area contributed by atoms with Gasteiger partial charge in [0, 0.05) is 32.7 Å². The Labute approximate surface area is 97.1 Å². The Hall–Kier alpha value is -1.06. The van der Waals surface area contributed by atoms with Gasteiger partial charge in [-0.15, -0.1) is 0 Å². The zero-order chi connectivity index (χ0) is 11.4. The first-order valence-corrected chi connectivity index (χ1v) is 5.98. The smallest absolute Gasteiger partial charge is 0.119 e.